The average molecular weight is 504 g/mol. The minimum atomic E-state index is -1.84. The minimum Gasteiger partial charge on any atom is -0.490 e. The fraction of sp³-hybridized carbons (Fsp3) is 0.500. The van der Waals surface area contributed by atoms with Crippen LogP contribution in [0.3, 0.4) is 0 Å². The fourth-order valence-electron chi connectivity index (χ4n) is 4.87. The van der Waals surface area contributed by atoms with Crippen LogP contribution < -0.4 is 15.2 Å². The van der Waals surface area contributed by atoms with Gasteiger partial charge in [0.05, 0.1) is 36.1 Å². The van der Waals surface area contributed by atoms with Crippen molar-refractivity contribution in [3.8, 4) is 29.7 Å². The largest absolute Gasteiger partial charge is 0.490 e. The summed E-state index contributed by atoms with van der Waals surface area (Å²) in [7, 11) is 0. The van der Waals surface area contributed by atoms with Gasteiger partial charge in [-0.05, 0) is 64.8 Å². The normalized spacial score (nSPS) is 20.6. The minimum absolute atomic E-state index is 0.0846. The summed E-state index contributed by atoms with van der Waals surface area (Å²) in [6, 6.07) is 11.6. The van der Waals surface area contributed by atoms with E-state index in [0.29, 0.717) is 29.2 Å². The highest BCUT2D eigenvalue weighted by molar-refractivity contribution is 5.70. The number of rotatable bonds is 5. The molecule has 1 aromatic rings. The van der Waals surface area contributed by atoms with Gasteiger partial charge in [0, 0.05) is 24.9 Å². The Labute approximate surface area is 218 Å². The van der Waals surface area contributed by atoms with Crippen molar-refractivity contribution in [3.63, 3.8) is 0 Å². The molecule has 0 radical (unpaired) electrons. The second-order valence-corrected chi connectivity index (χ2v) is 10.4. The lowest BCUT2D eigenvalue weighted by Gasteiger charge is -2.45. The van der Waals surface area contributed by atoms with Gasteiger partial charge in [0.1, 0.15) is 11.7 Å². The van der Waals surface area contributed by atoms with Crippen LogP contribution in [-0.2, 0) is 4.74 Å². The van der Waals surface area contributed by atoms with Crippen LogP contribution in [0.25, 0.3) is 0 Å². The van der Waals surface area contributed by atoms with E-state index in [4.69, 9.17) is 19.9 Å². The molecule has 1 aromatic carbocycles. The molecule has 1 aliphatic carbocycles. The second-order valence-electron chi connectivity index (χ2n) is 10.4. The molecule has 2 aliphatic rings. The maximum atomic E-state index is 12.9. The Bertz CT molecular complexity index is 1240. The van der Waals surface area contributed by atoms with Gasteiger partial charge in [-0.1, -0.05) is 12.1 Å². The maximum absolute atomic E-state index is 12.9. The van der Waals surface area contributed by atoms with Crippen LogP contribution in [0, 0.1) is 45.3 Å². The van der Waals surface area contributed by atoms with E-state index in [1.165, 1.54) is 4.90 Å². The van der Waals surface area contributed by atoms with Crippen molar-refractivity contribution >= 4 is 6.09 Å². The quantitative estimate of drug-likeness (QED) is 0.616. The van der Waals surface area contributed by atoms with Gasteiger partial charge in [-0.25, -0.2) is 4.79 Å². The zero-order valence-electron chi connectivity index (χ0n) is 22.2. The van der Waals surface area contributed by atoms with E-state index in [-0.39, 0.29) is 30.5 Å². The Hall–Kier alpha value is -4.16. The van der Waals surface area contributed by atoms with E-state index in [0.717, 1.165) is 0 Å². The molecule has 0 saturated heterocycles. The molecule has 1 aliphatic heterocycles. The van der Waals surface area contributed by atoms with Crippen LogP contribution in [-0.4, -0.2) is 42.4 Å². The molecular formula is C28H33N5O4. The zero-order chi connectivity index (χ0) is 27.5. The van der Waals surface area contributed by atoms with E-state index in [1.54, 1.807) is 45.0 Å². The third-order valence-electron chi connectivity index (χ3n) is 6.31. The summed E-state index contributed by atoms with van der Waals surface area (Å²) in [6.45, 7) is 11.7. The monoisotopic (exact) mass is 503 g/mol. The van der Waals surface area contributed by atoms with E-state index >= 15 is 0 Å². The van der Waals surface area contributed by atoms with Gasteiger partial charge < -0.3 is 24.8 Å². The highest BCUT2D eigenvalue weighted by Gasteiger charge is 2.55. The van der Waals surface area contributed by atoms with Gasteiger partial charge in [-0.15, -0.1) is 0 Å². The summed E-state index contributed by atoms with van der Waals surface area (Å²) in [6.07, 6.45) is 1.15. The van der Waals surface area contributed by atoms with Crippen LogP contribution in [0.4, 0.5) is 4.79 Å². The van der Waals surface area contributed by atoms with Crippen molar-refractivity contribution < 1.29 is 19.0 Å². The Balaban J connectivity index is 2.22. The molecule has 0 bridgehead atoms. The van der Waals surface area contributed by atoms with Gasteiger partial charge in [0.2, 0.25) is 0 Å². The molecule has 1 heterocycles. The Morgan fingerprint density at radius 1 is 1.22 bits per heavy atom. The highest BCUT2D eigenvalue weighted by atomic mass is 16.6. The first kappa shape index (κ1) is 27.4. The lowest BCUT2D eigenvalue weighted by atomic mass is 9.58. The topological polar surface area (TPSA) is 145 Å². The molecule has 9 heteroatoms. The summed E-state index contributed by atoms with van der Waals surface area (Å²) in [5, 5.41) is 30.6. The van der Waals surface area contributed by atoms with Gasteiger partial charge in [0.25, 0.3) is 0 Å². The van der Waals surface area contributed by atoms with Crippen LogP contribution >= 0.6 is 0 Å². The van der Waals surface area contributed by atoms with Crippen molar-refractivity contribution in [1.82, 2.24) is 4.90 Å². The number of hydrogen-bond donors (Lipinski definition) is 1. The average Bonchev–Trinajstić information content (AvgIpc) is 2.83. The summed E-state index contributed by atoms with van der Waals surface area (Å²) < 4.78 is 17.3. The number of benzene rings is 1. The standard InChI is InChI=1S/C28H33N5O4/c1-7-35-23-12-18(8-9-22(23)36-17(2)3)24-21-14-33(26(34)37-27(4,5)6)11-10-19(21)20(13-29)25(32)28(24,15-30)16-31/h8-10,12,17,21,24H,7,11,14,32H2,1-6H3/t21-,24+/m0/s1. The SMILES string of the molecule is CCOc1cc([C@@H]2[C@H]3CN(C(=O)OC(C)(C)C)CC=C3C(C#N)=C(N)C2(C#N)C#N)ccc1OC(C)C. The number of fused-ring (bicyclic) bond motifs is 1. The van der Waals surface area contributed by atoms with Crippen LogP contribution in [0.1, 0.15) is 53.0 Å². The molecule has 0 fully saturated rings. The van der Waals surface area contributed by atoms with Crippen LogP contribution in [0.15, 0.2) is 41.1 Å². The van der Waals surface area contributed by atoms with Crippen molar-refractivity contribution in [3.05, 3.63) is 46.7 Å². The van der Waals surface area contributed by atoms with E-state index in [9.17, 15) is 20.6 Å². The third kappa shape index (κ3) is 5.20. The molecule has 3 rings (SSSR count). The van der Waals surface area contributed by atoms with Gasteiger partial charge in [-0.2, -0.15) is 15.8 Å². The van der Waals surface area contributed by atoms with Crippen LogP contribution in [0.2, 0.25) is 0 Å². The van der Waals surface area contributed by atoms with E-state index < -0.39 is 28.9 Å². The second kappa shape index (κ2) is 10.4. The number of nitrogens with zero attached hydrogens (tertiary/aromatic N) is 4. The number of carbonyl (C=O) groups is 1. The fourth-order valence-corrected chi connectivity index (χ4v) is 4.87. The molecule has 37 heavy (non-hydrogen) atoms. The van der Waals surface area contributed by atoms with Crippen molar-refractivity contribution in [2.24, 2.45) is 17.1 Å². The predicted molar refractivity (Wildman–Crippen MR) is 136 cm³/mol. The number of allylic oxidation sites excluding steroid dienone is 2. The predicted octanol–water partition coefficient (Wildman–Crippen LogP) is 4.53. The molecule has 0 spiro atoms. The van der Waals surface area contributed by atoms with Gasteiger partial charge in [-0.3, -0.25) is 0 Å². The molecule has 2 N–H and O–H groups in total. The Morgan fingerprint density at radius 3 is 2.43 bits per heavy atom. The first-order valence-corrected chi connectivity index (χ1v) is 12.3. The lowest BCUT2D eigenvalue weighted by molar-refractivity contribution is 0.0224. The van der Waals surface area contributed by atoms with E-state index in [1.807, 2.05) is 20.8 Å². The molecule has 1 amide bonds. The summed E-state index contributed by atoms with van der Waals surface area (Å²) >= 11 is 0. The number of ether oxygens (including phenoxy) is 3. The number of nitriles is 3. The molecular weight excluding hydrogens is 470 g/mol. The van der Waals surface area contributed by atoms with Gasteiger partial charge in [0.15, 0.2) is 16.9 Å². The molecule has 9 nitrogen and oxygen atoms in total. The first-order chi connectivity index (χ1) is 17.4. The lowest BCUT2D eigenvalue weighted by Crippen LogP contribution is -2.50. The summed E-state index contributed by atoms with van der Waals surface area (Å²) in [5.41, 5.74) is 5.13. The first-order valence-electron chi connectivity index (χ1n) is 12.3. The molecule has 2 atom stereocenters. The Kier molecular flexibility index (Phi) is 7.74. The maximum Gasteiger partial charge on any atom is 0.410 e. The number of carbonyl (C=O) groups excluding carboxylic acids is 1. The molecule has 0 saturated carbocycles. The number of amides is 1. The van der Waals surface area contributed by atoms with Crippen molar-refractivity contribution in [1.29, 1.82) is 15.8 Å². The smallest absolute Gasteiger partial charge is 0.410 e. The number of nitrogens with two attached hydrogens (primary N) is 1. The summed E-state index contributed by atoms with van der Waals surface area (Å²) in [4.78, 5) is 14.5. The number of hydrogen-bond acceptors (Lipinski definition) is 8. The molecule has 194 valence electrons. The van der Waals surface area contributed by atoms with Crippen molar-refractivity contribution in [2.45, 2.75) is 59.2 Å². The zero-order valence-corrected chi connectivity index (χ0v) is 22.2. The van der Waals surface area contributed by atoms with E-state index in [2.05, 4.69) is 18.2 Å². The highest BCUT2D eigenvalue weighted by Crippen LogP contribution is 2.55. The third-order valence-corrected chi connectivity index (χ3v) is 6.31. The molecule has 0 unspecified atom stereocenters. The van der Waals surface area contributed by atoms with Crippen molar-refractivity contribution in [2.75, 3.05) is 19.7 Å². The molecule has 0 aromatic heterocycles. The summed E-state index contributed by atoms with van der Waals surface area (Å²) in [5.74, 6) is -0.346. The Morgan fingerprint density at radius 2 is 1.89 bits per heavy atom. The van der Waals surface area contributed by atoms with Crippen LogP contribution in [0.5, 0.6) is 11.5 Å². The van der Waals surface area contributed by atoms with Gasteiger partial charge >= 0.3 is 6.09 Å².